The van der Waals surface area contributed by atoms with E-state index in [1.54, 1.807) is 24.3 Å². The number of anilines is 1. The third-order valence-electron chi connectivity index (χ3n) is 2.05. The molecule has 2 N–H and O–H groups in total. The molecule has 0 aliphatic carbocycles. The second-order valence-corrected chi connectivity index (χ2v) is 3.12. The van der Waals surface area contributed by atoms with Gasteiger partial charge in [-0.25, -0.2) is 9.59 Å². The number of hydrogen-bond donors (Lipinski definition) is 2. The lowest BCUT2D eigenvalue weighted by molar-refractivity contribution is 0.170. The highest BCUT2D eigenvalue weighted by molar-refractivity contribution is 5.85. The van der Waals surface area contributed by atoms with Crippen molar-refractivity contribution in [3.63, 3.8) is 0 Å². The van der Waals surface area contributed by atoms with E-state index in [9.17, 15) is 9.59 Å². The molecule has 0 spiro atoms. The molecule has 1 rings (SSSR count). The minimum absolute atomic E-state index is 0.257. The molecule has 0 aliphatic rings. The van der Waals surface area contributed by atoms with Crippen LogP contribution in [0.1, 0.15) is 5.56 Å². The van der Waals surface area contributed by atoms with Crippen molar-refractivity contribution in [3.05, 3.63) is 29.8 Å². The van der Waals surface area contributed by atoms with Crippen molar-refractivity contribution >= 4 is 17.9 Å². The minimum atomic E-state index is -0.560. The lowest BCUT2D eigenvalue weighted by atomic mass is 10.2. The summed E-state index contributed by atoms with van der Waals surface area (Å²) < 4.78 is 8.95. The Bertz CT molecular complexity index is 406. The highest BCUT2D eigenvalue weighted by Crippen LogP contribution is 2.14. The van der Waals surface area contributed by atoms with E-state index in [0.717, 1.165) is 5.56 Å². The van der Waals surface area contributed by atoms with Crippen LogP contribution < -0.4 is 10.6 Å². The maximum Gasteiger partial charge on any atom is 0.411 e. The number of nitrogens with one attached hydrogen (secondary N) is 2. The fourth-order valence-corrected chi connectivity index (χ4v) is 1.20. The van der Waals surface area contributed by atoms with Gasteiger partial charge < -0.3 is 14.8 Å². The van der Waals surface area contributed by atoms with Crippen molar-refractivity contribution in [3.8, 4) is 0 Å². The Hall–Kier alpha value is -2.24. The highest BCUT2D eigenvalue weighted by atomic mass is 16.5. The average Bonchev–Trinajstić information content (AvgIpc) is 2.37. The second-order valence-electron chi connectivity index (χ2n) is 3.12. The maximum absolute atomic E-state index is 11.1. The van der Waals surface area contributed by atoms with Gasteiger partial charge in [-0.3, -0.25) is 5.32 Å². The number of ether oxygens (including phenoxy) is 2. The molecule has 0 unspecified atom stereocenters. The van der Waals surface area contributed by atoms with Crippen molar-refractivity contribution in [1.82, 2.24) is 5.32 Å². The van der Waals surface area contributed by atoms with Gasteiger partial charge in [-0.15, -0.1) is 0 Å². The minimum Gasteiger partial charge on any atom is -0.453 e. The molecule has 0 heterocycles. The molecule has 17 heavy (non-hydrogen) atoms. The first kappa shape index (κ1) is 12.8. The van der Waals surface area contributed by atoms with E-state index < -0.39 is 12.2 Å². The SMILES string of the molecule is COC(=O)NCc1ccccc1NC(=O)OC. The zero-order chi connectivity index (χ0) is 12.7. The van der Waals surface area contributed by atoms with Crippen molar-refractivity contribution in [2.45, 2.75) is 6.54 Å². The zero-order valence-corrected chi connectivity index (χ0v) is 9.65. The molecule has 0 radical (unpaired) electrons. The first-order chi connectivity index (χ1) is 8.17. The van der Waals surface area contributed by atoms with Gasteiger partial charge in [-0.1, -0.05) is 18.2 Å². The molecule has 0 bridgehead atoms. The topological polar surface area (TPSA) is 76.7 Å². The molecule has 92 valence electrons. The Morgan fingerprint density at radius 3 is 2.41 bits per heavy atom. The van der Waals surface area contributed by atoms with E-state index in [0.29, 0.717) is 5.69 Å². The first-order valence-electron chi connectivity index (χ1n) is 4.92. The summed E-state index contributed by atoms with van der Waals surface area (Å²) in [7, 11) is 2.57. The molecule has 0 saturated heterocycles. The highest BCUT2D eigenvalue weighted by Gasteiger charge is 2.07. The van der Waals surface area contributed by atoms with E-state index in [1.807, 2.05) is 0 Å². The van der Waals surface area contributed by atoms with E-state index in [4.69, 9.17) is 0 Å². The Labute approximate surface area is 98.9 Å². The molecule has 0 fully saturated rings. The average molecular weight is 238 g/mol. The van der Waals surface area contributed by atoms with Gasteiger partial charge in [-0.2, -0.15) is 0 Å². The van der Waals surface area contributed by atoms with E-state index in [2.05, 4.69) is 20.1 Å². The third kappa shape index (κ3) is 4.02. The Morgan fingerprint density at radius 2 is 1.76 bits per heavy atom. The molecule has 6 nitrogen and oxygen atoms in total. The van der Waals surface area contributed by atoms with Crippen LogP contribution in [-0.2, 0) is 16.0 Å². The van der Waals surface area contributed by atoms with Crippen molar-refractivity contribution in [2.75, 3.05) is 19.5 Å². The lowest BCUT2D eigenvalue weighted by Crippen LogP contribution is -2.23. The monoisotopic (exact) mass is 238 g/mol. The third-order valence-corrected chi connectivity index (χ3v) is 2.05. The molecule has 0 aliphatic heterocycles. The first-order valence-corrected chi connectivity index (χ1v) is 4.92. The standard InChI is InChI=1S/C11H14N2O4/c1-16-10(14)12-7-8-5-3-4-6-9(8)13-11(15)17-2/h3-6H,7H2,1-2H3,(H,12,14)(H,13,15). The number of para-hydroxylation sites is 1. The van der Waals surface area contributed by atoms with Crippen LogP contribution in [0.3, 0.4) is 0 Å². The van der Waals surface area contributed by atoms with Crippen LogP contribution in [0.4, 0.5) is 15.3 Å². The molecule has 1 aromatic carbocycles. The smallest absolute Gasteiger partial charge is 0.411 e. The summed E-state index contributed by atoms with van der Waals surface area (Å²) in [4.78, 5) is 22.0. The molecule has 0 aromatic heterocycles. The summed E-state index contributed by atoms with van der Waals surface area (Å²) in [5.74, 6) is 0. The summed E-state index contributed by atoms with van der Waals surface area (Å²) in [5.41, 5.74) is 1.33. The molecule has 6 heteroatoms. The van der Waals surface area contributed by atoms with Crippen LogP contribution in [0, 0.1) is 0 Å². The second kappa shape index (κ2) is 6.37. The predicted octanol–water partition coefficient (Wildman–Crippen LogP) is 1.72. The Balaban J connectivity index is 2.70. The number of hydrogen-bond acceptors (Lipinski definition) is 4. The zero-order valence-electron chi connectivity index (χ0n) is 9.65. The number of alkyl carbamates (subject to hydrolysis) is 1. The Kier molecular flexibility index (Phi) is 4.80. The summed E-state index contributed by atoms with van der Waals surface area (Å²) >= 11 is 0. The Morgan fingerprint density at radius 1 is 1.12 bits per heavy atom. The lowest BCUT2D eigenvalue weighted by Gasteiger charge is -2.10. The molecular weight excluding hydrogens is 224 g/mol. The van der Waals surface area contributed by atoms with Gasteiger partial charge in [0.05, 0.1) is 14.2 Å². The number of amides is 2. The number of rotatable bonds is 3. The number of methoxy groups -OCH3 is 2. The van der Waals surface area contributed by atoms with E-state index >= 15 is 0 Å². The number of benzene rings is 1. The van der Waals surface area contributed by atoms with Gasteiger partial charge in [0.2, 0.25) is 0 Å². The summed E-state index contributed by atoms with van der Waals surface area (Å²) in [6.45, 7) is 0.257. The van der Waals surface area contributed by atoms with Crippen LogP contribution in [0.2, 0.25) is 0 Å². The van der Waals surface area contributed by atoms with Crippen LogP contribution in [0.25, 0.3) is 0 Å². The number of carbonyl (C=O) groups excluding carboxylic acids is 2. The van der Waals surface area contributed by atoms with Crippen molar-refractivity contribution in [1.29, 1.82) is 0 Å². The summed E-state index contributed by atoms with van der Waals surface area (Å²) in [5, 5.41) is 5.08. The van der Waals surface area contributed by atoms with Crippen molar-refractivity contribution in [2.24, 2.45) is 0 Å². The fraction of sp³-hybridized carbons (Fsp3) is 0.273. The molecule has 0 atom stereocenters. The van der Waals surface area contributed by atoms with E-state index in [1.165, 1.54) is 14.2 Å². The number of carbonyl (C=O) groups is 2. The van der Waals surface area contributed by atoms with Gasteiger partial charge in [0.1, 0.15) is 0 Å². The normalized spacial score (nSPS) is 9.29. The maximum atomic E-state index is 11.1. The largest absolute Gasteiger partial charge is 0.453 e. The van der Waals surface area contributed by atoms with Gasteiger partial charge in [0, 0.05) is 12.2 Å². The van der Waals surface area contributed by atoms with Crippen molar-refractivity contribution < 1.29 is 19.1 Å². The van der Waals surface area contributed by atoms with Gasteiger partial charge >= 0.3 is 12.2 Å². The van der Waals surface area contributed by atoms with Crippen LogP contribution in [0.5, 0.6) is 0 Å². The van der Waals surface area contributed by atoms with Crippen LogP contribution in [-0.4, -0.2) is 26.4 Å². The molecule has 1 aromatic rings. The van der Waals surface area contributed by atoms with Gasteiger partial charge in [0.25, 0.3) is 0 Å². The predicted molar refractivity (Wildman–Crippen MR) is 61.7 cm³/mol. The molecule has 2 amide bonds. The van der Waals surface area contributed by atoms with E-state index in [-0.39, 0.29) is 6.54 Å². The molecular formula is C11H14N2O4. The van der Waals surface area contributed by atoms with Crippen LogP contribution in [0.15, 0.2) is 24.3 Å². The fourth-order valence-electron chi connectivity index (χ4n) is 1.20. The summed E-state index contributed by atoms with van der Waals surface area (Å²) in [6.07, 6.45) is -1.09. The molecule has 0 saturated carbocycles. The van der Waals surface area contributed by atoms with Gasteiger partial charge in [0.15, 0.2) is 0 Å². The van der Waals surface area contributed by atoms with Gasteiger partial charge in [-0.05, 0) is 11.6 Å². The van der Waals surface area contributed by atoms with Crippen LogP contribution >= 0.6 is 0 Å². The quantitative estimate of drug-likeness (QED) is 0.840. The summed E-state index contributed by atoms with van der Waals surface area (Å²) in [6, 6.07) is 7.07.